The van der Waals surface area contributed by atoms with Crippen LogP contribution in [0.5, 0.6) is 0 Å². The van der Waals surface area contributed by atoms with Gasteiger partial charge in [0.25, 0.3) is 5.91 Å². The molecule has 2 aromatic carbocycles. The summed E-state index contributed by atoms with van der Waals surface area (Å²) in [7, 11) is 0. The van der Waals surface area contributed by atoms with Gasteiger partial charge in [-0.1, -0.05) is 24.3 Å². The van der Waals surface area contributed by atoms with Gasteiger partial charge in [-0.15, -0.1) is 0 Å². The Balaban J connectivity index is 1.73. The van der Waals surface area contributed by atoms with Crippen LogP contribution in [0.4, 0.5) is 5.69 Å². The van der Waals surface area contributed by atoms with Gasteiger partial charge < -0.3 is 5.32 Å². The molecule has 1 heterocycles. The van der Waals surface area contributed by atoms with E-state index in [4.69, 9.17) is 0 Å². The van der Waals surface area contributed by atoms with Gasteiger partial charge in [-0.25, -0.2) is 0 Å². The van der Waals surface area contributed by atoms with E-state index >= 15 is 0 Å². The number of nitrogens with zero attached hydrogens (tertiary/aromatic N) is 1. The van der Waals surface area contributed by atoms with Crippen LogP contribution in [0.25, 0.3) is 10.8 Å². The van der Waals surface area contributed by atoms with Gasteiger partial charge in [-0.3, -0.25) is 9.78 Å². The third-order valence-electron chi connectivity index (χ3n) is 4.30. The normalized spacial score (nSPS) is 12.6. The molecule has 22 heavy (non-hydrogen) atoms. The fourth-order valence-electron chi connectivity index (χ4n) is 3.15. The number of carbonyl (C=O) groups excluding carboxylic acids is 1. The van der Waals surface area contributed by atoms with E-state index < -0.39 is 0 Å². The first-order valence-electron chi connectivity index (χ1n) is 7.50. The fraction of sp³-hybridized carbons (Fsp3) is 0.158. The first-order chi connectivity index (χ1) is 10.7. The Kier molecular flexibility index (Phi) is 2.93. The third-order valence-corrected chi connectivity index (χ3v) is 4.30. The van der Waals surface area contributed by atoms with Crippen LogP contribution >= 0.6 is 0 Å². The lowest BCUT2D eigenvalue weighted by atomic mass is 10.0. The zero-order valence-electron chi connectivity index (χ0n) is 12.4. The van der Waals surface area contributed by atoms with Crippen molar-refractivity contribution in [2.45, 2.75) is 19.8 Å². The first-order valence-corrected chi connectivity index (χ1v) is 7.50. The summed E-state index contributed by atoms with van der Waals surface area (Å²) in [6.45, 7) is 1.91. The average molecular weight is 288 g/mol. The van der Waals surface area contributed by atoms with Crippen LogP contribution in [-0.4, -0.2) is 10.9 Å². The minimum Gasteiger partial charge on any atom is -0.321 e. The lowest BCUT2D eigenvalue weighted by molar-refractivity contribution is 0.102. The van der Waals surface area contributed by atoms with Gasteiger partial charge in [0.05, 0.1) is 5.56 Å². The van der Waals surface area contributed by atoms with Crippen LogP contribution < -0.4 is 5.32 Å². The molecule has 0 unspecified atom stereocenters. The maximum atomic E-state index is 12.4. The van der Waals surface area contributed by atoms with E-state index in [1.807, 2.05) is 19.1 Å². The molecule has 1 N–H and O–H groups in total. The highest BCUT2D eigenvalue weighted by Crippen LogP contribution is 2.35. The van der Waals surface area contributed by atoms with E-state index in [-0.39, 0.29) is 5.91 Å². The molecule has 3 heteroatoms. The van der Waals surface area contributed by atoms with Crippen molar-refractivity contribution in [1.82, 2.24) is 4.98 Å². The van der Waals surface area contributed by atoms with Crippen LogP contribution in [0.3, 0.4) is 0 Å². The molecule has 108 valence electrons. The van der Waals surface area contributed by atoms with Crippen molar-refractivity contribution in [2.75, 3.05) is 5.32 Å². The minimum atomic E-state index is -0.119. The van der Waals surface area contributed by atoms with Crippen molar-refractivity contribution in [1.29, 1.82) is 0 Å². The molecule has 0 aliphatic heterocycles. The maximum Gasteiger partial charge on any atom is 0.257 e. The predicted octanol–water partition coefficient (Wildman–Crippen LogP) is 3.89. The summed E-state index contributed by atoms with van der Waals surface area (Å²) >= 11 is 0. The lowest BCUT2D eigenvalue weighted by Crippen LogP contribution is -2.12. The van der Waals surface area contributed by atoms with E-state index in [1.54, 1.807) is 12.3 Å². The van der Waals surface area contributed by atoms with Gasteiger partial charge in [-0.2, -0.15) is 0 Å². The highest BCUT2D eigenvalue weighted by molar-refractivity contribution is 6.10. The SMILES string of the molecule is Cc1ccc(C(=O)Nc2ccc3c4c(cccc24)CC3)cn1. The number of amides is 1. The van der Waals surface area contributed by atoms with Crippen LogP contribution in [-0.2, 0) is 12.8 Å². The van der Waals surface area contributed by atoms with E-state index in [0.717, 1.165) is 29.6 Å². The summed E-state index contributed by atoms with van der Waals surface area (Å²) in [5.74, 6) is -0.119. The zero-order chi connectivity index (χ0) is 15.1. The van der Waals surface area contributed by atoms with E-state index in [2.05, 4.69) is 34.6 Å². The second kappa shape index (κ2) is 4.95. The molecule has 3 aromatic rings. The molecule has 3 nitrogen and oxygen atoms in total. The Morgan fingerprint density at radius 3 is 2.64 bits per heavy atom. The molecule has 1 aliphatic carbocycles. The fourth-order valence-corrected chi connectivity index (χ4v) is 3.15. The Labute approximate surface area is 129 Å². The Bertz CT molecular complexity index is 872. The molecular formula is C19H16N2O. The number of hydrogen-bond donors (Lipinski definition) is 1. The molecule has 0 radical (unpaired) electrons. The summed E-state index contributed by atoms with van der Waals surface area (Å²) < 4.78 is 0. The standard InChI is InChI=1S/C19H16N2O/c1-12-5-6-15(11-20-12)19(22)21-17-10-9-14-8-7-13-3-2-4-16(17)18(13)14/h2-6,9-11H,7-8H2,1H3,(H,21,22). The van der Waals surface area contributed by atoms with Gasteiger partial charge in [0.2, 0.25) is 0 Å². The summed E-state index contributed by atoms with van der Waals surface area (Å²) in [6.07, 6.45) is 3.79. The molecule has 0 saturated heterocycles. The highest BCUT2D eigenvalue weighted by Gasteiger charge is 2.17. The largest absolute Gasteiger partial charge is 0.321 e. The van der Waals surface area contributed by atoms with E-state index in [0.29, 0.717) is 5.56 Å². The molecule has 1 aromatic heterocycles. The number of pyridine rings is 1. The molecule has 0 fully saturated rings. The molecule has 0 atom stereocenters. The van der Waals surface area contributed by atoms with Gasteiger partial charge in [-0.05, 0) is 54.5 Å². The Hall–Kier alpha value is -2.68. The molecule has 1 amide bonds. The number of aryl methyl sites for hydroxylation is 3. The van der Waals surface area contributed by atoms with Crippen LogP contribution in [0.1, 0.15) is 27.2 Å². The summed E-state index contributed by atoms with van der Waals surface area (Å²) in [5, 5.41) is 5.46. The van der Waals surface area contributed by atoms with Gasteiger partial charge in [0.15, 0.2) is 0 Å². The van der Waals surface area contributed by atoms with Gasteiger partial charge in [0, 0.05) is 23.0 Å². The monoisotopic (exact) mass is 288 g/mol. The molecule has 1 aliphatic rings. The van der Waals surface area contributed by atoms with Crippen molar-refractivity contribution in [3.63, 3.8) is 0 Å². The van der Waals surface area contributed by atoms with Gasteiger partial charge >= 0.3 is 0 Å². The number of aromatic nitrogens is 1. The van der Waals surface area contributed by atoms with E-state index in [1.165, 1.54) is 16.5 Å². The number of benzene rings is 2. The maximum absolute atomic E-state index is 12.4. The van der Waals surface area contributed by atoms with Crippen molar-refractivity contribution in [2.24, 2.45) is 0 Å². The van der Waals surface area contributed by atoms with Crippen LogP contribution in [0, 0.1) is 6.92 Å². The molecule has 0 spiro atoms. The Morgan fingerprint density at radius 2 is 1.86 bits per heavy atom. The molecule has 4 rings (SSSR count). The number of carbonyl (C=O) groups is 1. The lowest BCUT2D eigenvalue weighted by Gasteiger charge is -2.10. The number of anilines is 1. The van der Waals surface area contributed by atoms with E-state index in [9.17, 15) is 4.79 Å². The van der Waals surface area contributed by atoms with Crippen molar-refractivity contribution in [3.8, 4) is 0 Å². The first kappa shape index (κ1) is 13.0. The minimum absolute atomic E-state index is 0.119. The quantitative estimate of drug-likeness (QED) is 0.777. The second-order valence-corrected chi connectivity index (χ2v) is 5.75. The summed E-state index contributed by atoms with van der Waals surface area (Å²) in [6, 6.07) is 14.1. The number of nitrogens with one attached hydrogen (secondary N) is 1. The van der Waals surface area contributed by atoms with Crippen molar-refractivity contribution < 1.29 is 4.79 Å². The third kappa shape index (κ3) is 2.06. The predicted molar refractivity (Wildman–Crippen MR) is 88.3 cm³/mol. The summed E-state index contributed by atoms with van der Waals surface area (Å²) in [5.41, 5.74) is 5.10. The summed E-state index contributed by atoms with van der Waals surface area (Å²) in [4.78, 5) is 16.6. The van der Waals surface area contributed by atoms with Crippen LogP contribution in [0.2, 0.25) is 0 Å². The van der Waals surface area contributed by atoms with Gasteiger partial charge in [0.1, 0.15) is 0 Å². The van der Waals surface area contributed by atoms with Crippen molar-refractivity contribution >= 4 is 22.4 Å². The zero-order valence-corrected chi connectivity index (χ0v) is 12.4. The molecule has 0 saturated carbocycles. The smallest absolute Gasteiger partial charge is 0.257 e. The number of hydrogen-bond acceptors (Lipinski definition) is 2. The molecular weight excluding hydrogens is 272 g/mol. The van der Waals surface area contributed by atoms with Crippen molar-refractivity contribution in [3.05, 3.63) is 71.0 Å². The second-order valence-electron chi connectivity index (χ2n) is 5.75. The number of rotatable bonds is 2. The Morgan fingerprint density at radius 1 is 1.05 bits per heavy atom. The average Bonchev–Trinajstić information content (AvgIpc) is 2.95. The highest BCUT2D eigenvalue weighted by atomic mass is 16.1. The van der Waals surface area contributed by atoms with Crippen LogP contribution in [0.15, 0.2) is 48.7 Å². The topological polar surface area (TPSA) is 42.0 Å². The molecule has 0 bridgehead atoms.